The van der Waals surface area contributed by atoms with Crippen LogP contribution in [0.3, 0.4) is 0 Å². The van der Waals surface area contributed by atoms with Crippen LogP contribution in [-0.2, 0) is 5.75 Å². The lowest BCUT2D eigenvalue weighted by atomic mass is 9.92. The van der Waals surface area contributed by atoms with E-state index >= 15 is 0 Å². The highest BCUT2D eigenvalue weighted by Gasteiger charge is 2.23. The summed E-state index contributed by atoms with van der Waals surface area (Å²) >= 11 is 1.48. The second kappa shape index (κ2) is 9.57. The van der Waals surface area contributed by atoms with Crippen LogP contribution in [0.15, 0.2) is 70.5 Å². The van der Waals surface area contributed by atoms with Crippen molar-refractivity contribution in [2.75, 3.05) is 5.32 Å². The maximum absolute atomic E-state index is 13.5. The maximum Gasteiger partial charge on any atom is 0.291 e. The number of fused-ring (bicyclic) bond motifs is 1. The number of benzene rings is 2. The summed E-state index contributed by atoms with van der Waals surface area (Å²) in [5.74, 6) is 1.20. The van der Waals surface area contributed by atoms with Crippen molar-refractivity contribution in [2.45, 2.75) is 50.4 Å². The molecule has 2 heterocycles. The molecule has 5 nitrogen and oxygen atoms in total. The molecule has 2 aromatic heterocycles. The third-order valence-electron chi connectivity index (χ3n) is 5.40. The maximum atomic E-state index is 13.5. The topological polar surface area (TPSA) is 68.0 Å². The van der Waals surface area contributed by atoms with Gasteiger partial charge >= 0.3 is 0 Å². The smallest absolute Gasteiger partial charge is 0.291 e. The fourth-order valence-corrected chi connectivity index (χ4v) is 4.62. The number of hydrogen-bond acceptors (Lipinski definition) is 5. The van der Waals surface area contributed by atoms with Crippen molar-refractivity contribution in [1.29, 1.82) is 0 Å². The standard InChI is InChI=1S/C26H27N3O2S/c1-16(2)18-10-7-11-19(17(3)4)23(18)29-25(30)24-21(15-32-26-27-13-8-14-28-26)20-9-5-6-12-22(20)31-24/h5-14,16-17H,15H2,1-4H3,(H,29,30). The largest absolute Gasteiger partial charge is 0.451 e. The van der Waals surface area contributed by atoms with Gasteiger partial charge < -0.3 is 9.73 Å². The van der Waals surface area contributed by atoms with E-state index < -0.39 is 0 Å². The Morgan fingerprint density at radius 3 is 2.25 bits per heavy atom. The molecule has 4 aromatic rings. The number of aromatic nitrogens is 2. The molecule has 0 unspecified atom stereocenters. The number of anilines is 1. The van der Waals surface area contributed by atoms with E-state index in [2.05, 4.69) is 61.2 Å². The van der Waals surface area contributed by atoms with E-state index in [1.165, 1.54) is 11.8 Å². The minimum absolute atomic E-state index is 0.235. The van der Waals surface area contributed by atoms with Crippen LogP contribution in [0.25, 0.3) is 11.0 Å². The number of para-hydroxylation sites is 2. The van der Waals surface area contributed by atoms with E-state index in [4.69, 9.17) is 4.42 Å². The summed E-state index contributed by atoms with van der Waals surface area (Å²) in [5.41, 5.74) is 4.67. The Labute approximate surface area is 192 Å². The van der Waals surface area contributed by atoms with E-state index in [-0.39, 0.29) is 17.7 Å². The van der Waals surface area contributed by atoms with E-state index in [1.807, 2.05) is 24.3 Å². The molecule has 1 N–H and O–H groups in total. The molecule has 0 aliphatic heterocycles. The molecule has 6 heteroatoms. The van der Waals surface area contributed by atoms with Gasteiger partial charge in [-0.05, 0) is 35.1 Å². The number of rotatable bonds is 7. The number of amides is 1. The van der Waals surface area contributed by atoms with E-state index in [9.17, 15) is 4.79 Å². The average Bonchev–Trinajstić information content (AvgIpc) is 3.17. The Balaban J connectivity index is 1.72. The Kier molecular flexibility index (Phi) is 6.61. The molecule has 0 radical (unpaired) electrons. The fourth-order valence-electron chi connectivity index (χ4n) is 3.79. The van der Waals surface area contributed by atoms with Crippen molar-refractivity contribution in [3.8, 4) is 0 Å². The van der Waals surface area contributed by atoms with Crippen LogP contribution in [0, 0.1) is 0 Å². The SMILES string of the molecule is CC(C)c1cccc(C(C)C)c1NC(=O)c1oc2ccccc2c1CSc1ncccn1. The molecule has 0 aliphatic rings. The summed E-state index contributed by atoms with van der Waals surface area (Å²) < 4.78 is 6.06. The molecule has 32 heavy (non-hydrogen) atoms. The quantitative estimate of drug-likeness (QED) is 0.245. The molecular weight excluding hydrogens is 418 g/mol. The molecule has 0 saturated carbocycles. The van der Waals surface area contributed by atoms with E-state index in [1.54, 1.807) is 18.5 Å². The molecule has 0 spiro atoms. The highest BCUT2D eigenvalue weighted by atomic mass is 32.2. The second-order valence-electron chi connectivity index (χ2n) is 8.30. The van der Waals surface area contributed by atoms with Crippen molar-refractivity contribution >= 4 is 34.3 Å². The van der Waals surface area contributed by atoms with Crippen LogP contribution in [0.4, 0.5) is 5.69 Å². The first kappa shape index (κ1) is 22.1. The van der Waals surface area contributed by atoms with Crippen LogP contribution >= 0.6 is 11.8 Å². The normalized spacial score (nSPS) is 11.4. The van der Waals surface area contributed by atoms with Crippen LogP contribution in [0.5, 0.6) is 0 Å². The average molecular weight is 446 g/mol. The minimum Gasteiger partial charge on any atom is -0.451 e. The molecule has 0 saturated heterocycles. The molecule has 0 atom stereocenters. The van der Waals surface area contributed by atoms with Crippen molar-refractivity contribution in [3.63, 3.8) is 0 Å². The van der Waals surface area contributed by atoms with E-state index in [0.29, 0.717) is 22.3 Å². The van der Waals surface area contributed by atoms with Crippen LogP contribution in [0.1, 0.15) is 66.8 Å². The van der Waals surface area contributed by atoms with Crippen LogP contribution in [-0.4, -0.2) is 15.9 Å². The van der Waals surface area contributed by atoms with Gasteiger partial charge in [-0.15, -0.1) is 0 Å². The van der Waals surface area contributed by atoms with Gasteiger partial charge in [0.15, 0.2) is 10.9 Å². The zero-order chi connectivity index (χ0) is 22.7. The molecule has 0 aliphatic carbocycles. The highest BCUT2D eigenvalue weighted by Crippen LogP contribution is 2.35. The minimum atomic E-state index is -0.235. The van der Waals surface area contributed by atoms with Gasteiger partial charge in [-0.1, -0.05) is 75.9 Å². The Hall–Kier alpha value is -3.12. The number of nitrogens with zero attached hydrogens (tertiary/aromatic N) is 2. The van der Waals surface area contributed by atoms with Gasteiger partial charge in [0, 0.05) is 34.8 Å². The monoisotopic (exact) mass is 445 g/mol. The van der Waals surface area contributed by atoms with E-state index in [0.717, 1.165) is 27.8 Å². The zero-order valence-corrected chi connectivity index (χ0v) is 19.6. The zero-order valence-electron chi connectivity index (χ0n) is 18.8. The van der Waals surface area contributed by atoms with Gasteiger partial charge in [0.05, 0.1) is 0 Å². The van der Waals surface area contributed by atoms with Crippen molar-refractivity contribution in [2.24, 2.45) is 0 Å². The Morgan fingerprint density at radius 1 is 0.938 bits per heavy atom. The van der Waals surface area contributed by atoms with Gasteiger partial charge in [-0.3, -0.25) is 4.79 Å². The van der Waals surface area contributed by atoms with Gasteiger partial charge in [0.1, 0.15) is 5.58 Å². The van der Waals surface area contributed by atoms with Gasteiger partial charge in [0.25, 0.3) is 5.91 Å². The second-order valence-corrected chi connectivity index (χ2v) is 9.24. The van der Waals surface area contributed by atoms with Gasteiger partial charge in [-0.2, -0.15) is 0 Å². The number of furan rings is 1. The lowest BCUT2D eigenvalue weighted by Crippen LogP contribution is -2.16. The van der Waals surface area contributed by atoms with Crippen LogP contribution < -0.4 is 5.32 Å². The number of thioether (sulfide) groups is 1. The number of nitrogens with one attached hydrogen (secondary N) is 1. The predicted molar refractivity (Wildman–Crippen MR) is 130 cm³/mol. The molecule has 1 amide bonds. The predicted octanol–water partition coefficient (Wildman–Crippen LogP) is 7.01. The number of carbonyl (C=O) groups is 1. The summed E-state index contributed by atoms with van der Waals surface area (Å²) in [6.07, 6.45) is 3.43. The lowest BCUT2D eigenvalue weighted by Gasteiger charge is -2.20. The Morgan fingerprint density at radius 2 is 1.59 bits per heavy atom. The summed E-state index contributed by atoms with van der Waals surface area (Å²) in [5, 5.41) is 4.78. The summed E-state index contributed by atoms with van der Waals surface area (Å²) in [4.78, 5) is 22.1. The number of carbonyl (C=O) groups excluding carboxylic acids is 1. The molecule has 2 aromatic carbocycles. The Bertz CT molecular complexity index is 1210. The van der Waals surface area contributed by atoms with Crippen molar-refractivity contribution < 1.29 is 9.21 Å². The third-order valence-corrected chi connectivity index (χ3v) is 6.31. The van der Waals surface area contributed by atoms with Crippen LogP contribution in [0.2, 0.25) is 0 Å². The summed E-state index contributed by atoms with van der Waals surface area (Å²) in [6, 6.07) is 15.7. The summed E-state index contributed by atoms with van der Waals surface area (Å²) in [6.45, 7) is 8.55. The fraction of sp³-hybridized carbons (Fsp3) is 0.269. The van der Waals surface area contributed by atoms with Crippen molar-refractivity contribution in [3.05, 3.63) is 83.4 Å². The molecule has 4 rings (SSSR count). The lowest BCUT2D eigenvalue weighted by molar-refractivity contribution is 0.0997. The molecule has 0 fully saturated rings. The summed E-state index contributed by atoms with van der Waals surface area (Å²) in [7, 11) is 0. The first-order chi connectivity index (χ1) is 15.5. The third kappa shape index (κ3) is 4.55. The first-order valence-electron chi connectivity index (χ1n) is 10.8. The van der Waals surface area contributed by atoms with Crippen molar-refractivity contribution in [1.82, 2.24) is 9.97 Å². The van der Waals surface area contributed by atoms with Gasteiger partial charge in [0.2, 0.25) is 0 Å². The highest BCUT2D eigenvalue weighted by molar-refractivity contribution is 7.98. The number of hydrogen-bond donors (Lipinski definition) is 1. The molecule has 164 valence electrons. The molecular formula is C26H27N3O2S. The first-order valence-corrected chi connectivity index (χ1v) is 11.8. The van der Waals surface area contributed by atoms with Gasteiger partial charge in [-0.25, -0.2) is 9.97 Å². The molecule has 0 bridgehead atoms.